The number of hydrogen-bond donors (Lipinski definition) is 1. The van der Waals surface area contributed by atoms with Crippen LogP contribution in [0.3, 0.4) is 0 Å². The minimum Gasteiger partial charge on any atom is -0.482 e. The van der Waals surface area contributed by atoms with Crippen molar-refractivity contribution in [1.82, 2.24) is 0 Å². The molecule has 1 unspecified atom stereocenters. The standard InChI is InChI=1S/C20H20ClFN2O/c1-13(15-7-5-4-6-8-15)11-19(20(23)24-3)25-14(2)17-12-16(22)9-10-18(17)21/h4-12,14H,3,23H2,1-2H3/b13-11+,20-19+. The SMILES string of the molecule is C=N/C(N)=C(\C=C(/C)c1ccccc1)OC(C)c1cc(F)ccc1Cl. The first-order chi connectivity index (χ1) is 11.9. The first kappa shape index (κ1) is 18.7. The van der Waals surface area contributed by atoms with Gasteiger partial charge in [0, 0.05) is 10.6 Å². The Kier molecular flexibility index (Phi) is 6.37. The lowest BCUT2D eigenvalue weighted by Crippen LogP contribution is -2.06. The van der Waals surface area contributed by atoms with Crippen LogP contribution in [0.25, 0.3) is 5.57 Å². The molecule has 0 bridgehead atoms. The highest BCUT2D eigenvalue weighted by molar-refractivity contribution is 6.31. The van der Waals surface area contributed by atoms with Crippen LogP contribution >= 0.6 is 11.6 Å². The Balaban J connectivity index is 2.33. The molecular formula is C20H20ClFN2O. The van der Waals surface area contributed by atoms with Crippen molar-refractivity contribution in [2.24, 2.45) is 10.7 Å². The summed E-state index contributed by atoms with van der Waals surface area (Å²) in [5, 5.41) is 0.419. The van der Waals surface area contributed by atoms with E-state index >= 15 is 0 Å². The maximum atomic E-state index is 13.5. The van der Waals surface area contributed by atoms with E-state index in [1.54, 1.807) is 13.0 Å². The molecule has 1 atom stereocenters. The van der Waals surface area contributed by atoms with E-state index in [1.807, 2.05) is 37.3 Å². The molecule has 2 aromatic carbocycles. The number of allylic oxidation sites excluding steroid dienone is 2. The molecule has 0 aliphatic rings. The van der Waals surface area contributed by atoms with Gasteiger partial charge < -0.3 is 10.5 Å². The Morgan fingerprint density at radius 1 is 1.28 bits per heavy atom. The van der Waals surface area contributed by atoms with Crippen molar-refractivity contribution in [3.8, 4) is 0 Å². The van der Waals surface area contributed by atoms with E-state index < -0.39 is 6.10 Å². The summed E-state index contributed by atoms with van der Waals surface area (Å²) in [6, 6.07) is 13.9. The monoisotopic (exact) mass is 358 g/mol. The lowest BCUT2D eigenvalue weighted by Gasteiger charge is -2.18. The van der Waals surface area contributed by atoms with Gasteiger partial charge in [0.05, 0.1) is 0 Å². The molecule has 0 saturated carbocycles. The predicted octanol–water partition coefficient (Wildman–Crippen LogP) is 5.49. The maximum Gasteiger partial charge on any atom is 0.165 e. The third-order valence-corrected chi connectivity index (χ3v) is 4.04. The van der Waals surface area contributed by atoms with E-state index in [2.05, 4.69) is 11.7 Å². The van der Waals surface area contributed by atoms with Gasteiger partial charge in [-0.25, -0.2) is 9.38 Å². The van der Waals surface area contributed by atoms with Gasteiger partial charge in [-0.1, -0.05) is 41.9 Å². The van der Waals surface area contributed by atoms with Gasteiger partial charge in [-0.3, -0.25) is 0 Å². The second kappa shape index (κ2) is 8.49. The molecule has 25 heavy (non-hydrogen) atoms. The first-order valence-corrected chi connectivity index (χ1v) is 8.12. The van der Waals surface area contributed by atoms with Crippen molar-refractivity contribution in [3.63, 3.8) is 0 Å². The number of ether oxygens (including phenoxy) is 1. The minimum atomic E-state index is -0.515. The molecule has 130 valence electrons. The van der Waals surface area contributed by atoms with Crippen molar-refractivity contribution in [3.05, 3.63) is 88.2 Å². The summed E-state index contributed by atoms with van der Waals surface area (Å²) < 4.78 is 19.4. The zero-order valence-electron chi connectivity index (χ0n) is 14.2. The number of nitrogens with two attached hydrogens (primary N) is 1. The lowest BCUT2D eigenvalue weighted by atomic mass is 10.1. The number of aliphatic imine (C=N–C) groups is 1. The first-order valence-electron chi connectivity index (χ1n) is 7.74. The molecule has 0 amide bonds. The number of hydrogen-bond acceptors (Lipinski definition) is 3. The molecule has 5 heteroatoms. The third-order valence-electron chi connectivity index (χ3n) is 3.70. The van der Waals surface area contributed by atoms with Gasteiger partial charge in [-0.05, 0) is 56.0 Å². The highest BCUT2D eigenvalue weighted by atomic mass is 35.5. The molecule has 0 spiro atoms. The Hall–Kier alpha value is -2.59. The zero-order valence-corrected chi connectivity index (χ0v) is 14.9. The van der Waals surface area contributed by atoms with Crippen LogP contribution in [0.4, 0.5) is 4.39 Å². The fraction of sp³-hybridized carbons (Fsp3) is 0.150. The smallest absolute Gasteiger partial charge is 0.165 e. The van der Waals surface area contributed by atoms with Crippen LogP contribution in [0, 0.1) is 5.82 Å². The molecular weight excluding hydrogens is 339 g/mol. The highest BCUT2D eigenvalue weighted by Crippen LogP contribution is 2.29. The van der Waals surface area contributed by atoms with Gasteiger partial charge in [0.1, 0.15) is 11.9 Å². The molecule has 0 heterocycles. The molecule has 0 fully saturated rings. The fourth-order valence-electron chi connectivity index (χ4n) is 2.31. The molecule has 0 aliphatic heterocycles. The second-order valence-electron chi connectivity index (χ2n) is 5.53. The van der Waals surface area contributed by atoms with Crippen LogP contribution in [-0.4, -0.2) is 6.72 Å². The highest BCUT2D eigenvalue weighted by Gasteiger charge is 2.15. The zero-order chi connectivity index (χ0) is 18.4. The van der Waals surface area contributed by atoms with Crippen molar-refractivity contribution < 1.29 is 9.13 Å². The fourth-order valence-corrected chi connectivity index (χ4v) is 2.58. The van der Waals surface area contributed by atoms with Crippen LogP contribution in [0.5, 0.6) is 0 Å². The minimum absolute atomic E-state index is 0.148. The quantitative estimate of drug-likeness (QED) is 0.421. The summed E-state index contributed by atoms with van der Waals surface area (Å²) in [6.07, 6.45) is 1.27. The predicted molar refractivity (Wildman–Crippen MR) is 102 cm³/mol. The van der Waals surface area contributed by atoms with E-state index in [9.17, 15) is 4.39 Å². The average molecular weight is 359 g/mol. The van der Waals surface area contributed by atoms with Gasteiger partial charge in [-0.2, -0.15) is 0 Å². The lowest BCUT2D eigenvalue weighted by molar-refractivity contribution is 0.140. The van der Waals surface area contributed by atoms with Crippen LogP contribution in [0.2, 0.25) is 5.02 Å². The summed E-state index contributed by atoms with van der Waals surface area (Å²) in [5.41, 5.74) is 8.41. The second-order valence-corrected chi connectivity index (χ2v) is 5.93. The largest absolute Gasteiger partial charge is 0.482 e. The molecule has 3 nitrogen and oxygen atoms in total. The molecule has 0 aliphatic carbocycles. The molecule has 0 radical (unpaired) electrons. The summed E-state index contributed by atoms with van der Waals surface area (Å²) in [4.78, 5) is 3.75. The molecule has 0 aromatic heterocycles. The Morgan fingerprint density at radius 2 is 1.96 bits per heavy atom. The van der Waals surface area contributed by atoms with Gasteiger partial charge in [0.25, 0.3) is 0 Å². The molecule has 2 rings (SSSR count). The van der Waals surface area contributed by atoms with Gasteiger partial charge in [0.15, 0.2) is 11.6 Å². The van der Waals surface area contributed by atoms with Crippen molar-refractivity contribution in [2.75, 3.05) is 0 Å². The van der Waals surface area contributed by atoms with Crippen molar-refractivity contribution >= 4 is 23.9 Å². The summed E-state index contributed by atoms with van der Waals surface area (Å²) in [6.45, 7) is 7.15. The van der Waals surface area contributed by atoms with Crippen LogP contribution in [0.15, 0.2) is 71.2 Å². The van der Waals surface area contributed by atoms with Crippen LogP contribution < -0.4 is 5.73 Å². The Bertz CT molecular complexity index is 816. The summed E-state index contributed by atoms with van der Waals surface area (Å²) >= 11 is 6.14. The molecule has 2 aromatic rings. The van der Waals surface area contributed by atoms with Gasteiger partial charge in [-0.15, -0.1) is 0 Å². The number of nitrogens with zero attached hydrogens (tertiary/aromatic N) is 1. The van der Waals surface area contributed by atoms with Gasteiger partial charge >= 0.3 is 0 Å². The molecule has 2 N–H and O–H groups in total. The van der Waals surface area contributed by atoms with E-state index in [0.717, 1.165) is 11.1 Å². The normalized spacial score (nSPS) is 13.8. The Labute approximate surface area is 152 Å². The van der Waals surface area contributed by atoms with E-state index in [4.69, 9.17) is 22.1 Å². The number of benzene rings is 2. The van der Waals surface area contributed by atoms with E-state index in [0.29, 0.717) is 16.3 Å². The maximum absolute atomic E-state index is 13.5. The number of rotatable bonds is 6. The average Bonchev–Trinajstić information content (AvgIpc) is 2.63. The van der Waals surface area contributed by atoms with E-state index in [1.165, 1.54) is 18.2 Å². The summed E-state index contributed by atoms with van der Waals surface area (Å²) in [5.74, 6) is 0.116. The number of halogens is 2. The van der Waals surface area contributed by atoms with E-state index in [-0.39, 0.29) is 11.6 Å². The molecule has 0 saturated heterocycles. The van der Waals surface area contributed by atoms with Crippen LogP contribution in [0.1, 0.15) is 31.1 Å². The topological polar surface area (TPSA) is 47.6 Å². The third kappa shape index (κ3) is 4.94. The summed E-state index contributed by atoms with van der Waals surface area (Å²) in [7, 11) is 0. The van der Waals surface area contributed by atoms with Crippen molar-refractivity contribution in [1.29, 1.82) is 0 Å². The van der Waals surface area contributed by atoms with Gasteiger partial charge in [0.2, 0.25) is 0 Å². The van der Waals surface area contributed by atoms with Crippen molar-refractivity contribution in [2.45, 2.75) is 20.0 Å². The van der Waals surface area contributed by atoms with Crippen LogP contribution in [-0.2, 0) is 4.74 Å². The Morgan fingerprint density at radius 3 is 2.60 bits per heavy atom.